The van der Waals surface area contributed by atoms with Gasteiger partial charge < -0.3 is 14.5 Å². The van der Waals surface area contributed by atoms with E-state index in [-0.39, 0.29) is 39.6 Å². The van der Waals surface area contributed by atoms with E-state index in [4.69, 9.17) is 9.47 Å². The van der Waals surface area contributed by atoms with E-state index in [2.05, 4.69) is 4.98 Å². The number of non-ortho nitro benzene ring substituents is 1. The van der Waals surface area contributed by atoms with E-state index in [0.717, 1.165) is 6.08 Å². The van der Waals surface area contributed by atoms with Crippen LogP contribution in [0.1, 0.15) is 29.8 Å². The summed E-state index contributed by atoms with van der Waals surface area (Å²) in [7, 11) is 0. The van der Waals surface area contributed by atoms with Gasteiger partial charge >= 0.3 is 0 Å². The van der Waals surface area contributed by atoms with Crippen LogP contribution < -0.4 is 15.0 Å². The van der Waals surface area contributed by atoms with Crippen LogP contribution in [0.4, 0.5) is 11.4 Å². The Morgan fingerprint density at radius 2 is 1.63 bits per heavy atom. The molecule has 5 rings (SSSR count). The van der Waals surface area contributed by atoms with Gasteiger partial charge in [0.1, 0.15) is 0 Å². The molecule has 1 aliphatic heterocycles. The van der Waals surface area contributed by atoms with E-state index in [1.54, 1.807) is 44.2 Å². The maximum absolute atomic E-state index is 13.4. The lowest BCUT2D eigenvalue weighted by molar-refractivity contribution is -0.385. The van der Waals surface area contributed by atoms with Gasteiger partial charge in [0.15, 0.2) is 17.3 Å². The molecule has 3 aromatic carbocycles. The first-order chi connectivity index (χ1) is 18.0. The Hall–Kier alpha value is -5.32. The molecule has 0 fully saturated rings. The van der Waals surface area contributed by atoms with Gasteiger partial charge in [-0.25, -0.2) is 0 Å². The summed E-state index contributed by atoms with van der Waals surface area (Å²) in [5.74, 6) is -1.29. The van der Waals surface area contributed by atoms with Crippen LogP contribution in [-0.2, 0) is 0 Å². The number of carbonyl (C=O) groups is 1. The third-order valence-electron chi connectivity index (χ3n) is 5.93. The standard InChI is InChI=1S/C27H19N3O8/c1-27(2)37-22-12-16(20(30(35)36)14-23(22)38-27)8-11-21(31)25-24(15-6-4-3-5-7-15)18-13-17(29(33)34)9-10-19(18)28-26(25)32/h3-14H,1-2H3,(H,28,32). The van der Waals surface area contributed by atoms with Crippen molar-refractivity contribution in [1.82, 2.24) is 4.98 Å². The number of rotatable bonds is 6. The van der Waals surface area contributed by atoms with Crippen molar-refractivity contribution in [2.45, 2.75) is 19.6 Å². The third kappa shape index (κ3) is 4.37. The molecule has 0 spiro atoms. The van der Waals surface area contributed by atoms with Crippen LogP contribution in [0.25, 0.3) is 28.1 Å². The second kappa shape index (κ2) is 8.96. The van der Waals surface area contributed by atoms with E-state index in [1.165, 1.54) is 36.4 Å². The van der Waals surface area contributed by atoms with Gasteiger partial charge in [-0.05, 0) is 29.8 Å². The number of hydrogen-bond acceptors (Lipinski definition) is 8. The number of pyridine rings is 1. The van der Waals surface area contributed by atoms with Crippen LogP contribution in [0.3, 0.4) is 0 Å². The van der Waals surface area contributed by atoms with Crippen LogP contribution in [0.15, 0.2) is 71.5 Å². The van der Waals surface area contributed by atoms with Gasteiger partial charge in [0.05, 0.1) is 27.0 Å². The molecular weight excluding hydrogens is 494 g/mol. The number of nitrogens with zero attached hydrogens (tertiary/aromatic N) is 2. The topological polar surface area (TPSA) is 155 Å². The number of aromatic nitrogens is 1. The molecule has 0 amide bonds. The van der Waals surface area contributed by atoms with E-state index in [9.17, 15) is 29.8 Å². The van der Waals surface area contributed by atoms with Crippen LogP contribution in [0.2, 0.25) is 0 Å². The number of H-pyrrole nitrogens is 1. The number of nitrogens with one attached hydrogen (secondary N) is 1. The molecule has 0 atom stereocenters. The van der Waals surface area contributed by atoms with Gasteiger partial charge in [-0.3, -0.25) is 29.8 Å². The fraction of sp³-hybridized carbons (Fsp3) is 0.111. The normalized spacial score (nSPS) is 13.6. The second-order valence-electron chi connectivity index (χ2n) is 8.97. The molecular formula is C27H19N3O8. The molecule has 0 saturated heterocycles. The summed E-state index contributed by atoms with van der Waals surface area (Å²) < 4.78 is 11.2. The molecule has 1 aromatic heterocycles. The molecule has 1 N–H and O–H groups in total. The van der Waals surface area contributed by atoms with Crippen molar-refractivity contribution in [3.8, 4) is 22.6 Å². The molecule has 38 heavy (non-hydrogen) atoms. The second-order valence-corrected chi connectivity index (χ2v) is 8.97. The number of nitro benzene ring substituents is 2. The predicted octanol–water partition coefficient (Wildman–Crippen LogP) is 5.41. The van der Waals surface area contributed by atoms with E-state index in [1.807, 2.05) is 0 Å². The number of aromatic amines is 1. The smallest absolute Gasteiger partial charge is 0.280 e. The fourth-order valence-electron chi connectivity index (χ4n) is 4.35. The first kappa shape index (κ1) is 24.4. The number of nitro groups is 2. The molecule has 0 bridgehead atoms. The zero-order chi connectivity index (χ0) is 27.2. The largest absolute Gasteiger partial charge is 0.449 e. The fourth-order valence-corrected chi connectivity index (χ4v) is 4.35. The third-order valence-corrected chi connectivity index (χ3v) is 5.93. The maximum atomic E-state index is 13.4. The van der Waals surface area contributed by atoms with Gasteiger partial charge in [-0.1, -0.05) is 30.3 Å². The van der Waals surface area contributed by atoms with Crippen molar-refractivity contribution in [2.75, 3.05) is 0 Å². The summed E-state index contributed by atoms with van der Waals surface area (Å²) >= 11 is 0. The number of fused-ring (bicyclic) bond motifs is 2. The highest BCUT2D eigenvalue weighted by Crippen LogP contribution is 2.43. The highest BCUT2D eigenvalue weighted by molar-refractivity contribution is 6.15. The Morgan fingerprint density at radius 3 is 2.29 bits per heavy atom. The number of carbonyl (C=O) groups excluding carboxylic acids is 1. The van der Waals surface area contributed by atoms with Gasteiger partial charge in [0.2, 0.25) is 5.79 Å². The first-order valence-corrected chi connectivity index (χ1v) is 11.4. The van der Waals surface area contributed by atoms with Gasteiger partial charge in [-0.15, -0.1) is 0 Å². The Kier molecular flexibility index (Phi) is 5.75. The van der Waals surface area contributed by atoms with E-state index < -0.39 is 27.0 Å². The minimum absolute atomic E-state index is 0.0671. The molecule has 1 aliphatic rings. The van der Waals surface area contributed by atoms with E-state index >= 15 is 0 Å². The average molecular weight is 513 g/mol. The number of ether oxygens (including phenoxy) is 2. The van der Waals surface area contributed by atoms with Crippen LogP contribution in [0.5, 0.6) is 11.5 Å². The number of hydrogen-bond donors (Lipinski definition) is 1. The van der Waals surface area contributed by atoms with Gasteiger partial charge in [0.25, 0.3) is 16.9 Å². The SMILES string of the molecule is CC1(C)Oc2cc(C=CC(=O)c3c(-c4ccccc4)c4cc([N+](=O)[O-])ccc4[nH]c3=O)c([N+](=O)[O-])cc2O1. The summed E-state index contributed by atoms with van der Waals surface area (Å²) in [6.07, 6.45) is 2.27. The zero-order valence-electron chi connectivity index (χ0n) is 20.1. The lowest BCUT2D eigenvalue weighted by atomic mass is 9.93. The van der Waals surface area contributed by atoms with Crippen molar-refractivity contribution in [1.29, 1.82) is 0 Å². The van der Waals surface area contributed by atoms with Crippen LogP contribution >= 0.6 is 0 Å². The Bertz CT molecular complexity index is 1740. The minimum Gasteiger partial charge on any atom is -0.449 e. The molecule has 11 heteroatoms. The summed E-state index contributed by atoms with van der Waals surface area (Å²) in [5.41, 5.74) is -0.407. The lowest BCUT2D eigenvalue weighted by Gasteiger charge is -2.16. The summed E-state index contributed by atoms with van der Waals surface area (Å²) in [5, 5.41) is 23.4. The molecule has 11 nitrogen and oxygen atoms in total. The summed E-state index contributed by atoms with van der Waals surface area (Å²) in [6.45, 7) is 3.30. The Balaban J connectivity index is 1.67. The van der Waals surface area contributed by atoms with Crippen molar-refractivity contribution < 1.29 is 24.1 Å². The highest BCUT2D eigenvalue weighted by atomic mass is 16.7. The van der Waals surface area contributed by atoms with Gasteiger partial charge in [-0.2, -0.15) is 0 Å². The molecule has 4 aromatic rings. The Morgan fingerprint density at radius 1 is 0.947 bits per heavy atom. The zero-order valence-corrected chi connectivity index (χ0v) is 20.1. The molecule has 0 saturated carbocycles. The lowest BCUT2D eigenvalue weighted by Crippen LogP contribution is -2.29. The average Bonchev–Trinajstić information content (AvgIpc) is 3.18. The van der Waals surface area contributed by atoms with Crippen molar-refractivity contribution in [3.63, 3.8) is 0 Å². The number of allylic oxidation sites excluding steroid dienone is 1. The Labute approximate surface area is 214 Å². The first-order valence-electron chi connectivity index (χ1n) is 11.4. The summed E-state index contributed by atoms with van der Waals surface area (Å²) in [4.78, 5) is 51.1. The number of benzene rings is 3. The van der Waals surface area contributed by atoms with E-state index in [0.29, 0.717) is 16.5 Å². The van der Waals surface area contributed by atoms with Crippen molar-refractivity contribution in [2.24, 2.45) is 0 Å². The molecule has 2 heterocycles. The molecule has 190 valence electrons. The number of ketones is 1. The monoisotopic (exact) mass is 513 g/mol. The van der Waals surface area contributed by atoms with Crippen molar-refractivity contribution in [3.05, 3.63) is 108 Å². The summed E-state index contributed by atoms with van der Waals surface area (Å²) in [6, 6.07) is 15.1. The quantitative estimate of drug-likeness (QED) is 0.155. The predicted molar refractivity (Wildman–Crippen MR) is 138 cm³/mol. The minimum atomic E-state index is -1.01. The maximum Gasteiger partial charge on any atom is 0.280 e. The van der Waals surface area contributed by atoms with Crippen molar-refractivity contribution >= 4 is 34.1 Å². The molecule has 0 radical (unpaired) electrons. The molecule has 0 unspecified atom stereocenters. The van der Waals surface area contributed by atoms with Crippen LogP contribution in [-0.4, -0.2) is 26.4 Å². The molecule has 0 aliphatic carbocycles. The highest BCUT2D eigenvalue weighted by Gasteiger charge is 2.34. The van der Waals surface area contributed by atoms with Crippen LogP contribution in [0, 0.1) is 20.2 Å². The van der Waals surface area contributed by atoms with Gasteiger partial charge in [0, 0.05) is 42.4 Å².